The second-order valence-electron chi connectivity index (χ2n) is 14.4. The van der Waals surface area contributed by atoms with Gasteiger partial charge in [0.05, 0.1) is 11.2 Å². The molecule has 4 saturated carbocycles. The summed E-state index contributed by atoms with van der Waals surface area (Å²) in [5.74, 6) is 6.00. The quantitative estimate of drug-likeness (QED) is 0.363. The van der Waals surface area contributed by atoms with Crippen molar-refractivity contribution in [2.24, 2.45) is 35.0 Å². The third-order valence-electron chi connectivity index (χ3n) is 12.8. The summed E-state index contributed by atoms with van der Waals surface area (Å²) in [6.07, 6.45) is 24.4. The lowest BCUT2D eigenvalue weighted by molar-refractivity contribution is -0.0907. The van der Waals surface area contributed by atoms with Crippen LogP contribution >= 0.6 is 0 Å². The van der Waals surface area contributed by atoms with E-state index in [-0.39, 0.29) is 18.3 Å². The van der Waals surface area contributed by atoms with Crippen LogP contribution in [0.1, 0.15) is 118 Å². The minimum atomic E-state index is -0.263. The van der Waals surface area contributed by atoms with Crippen molar-refractivity contribution in [2.45, 2.75) is 141 Å². The molecule has 0 N–H and O–H groups in total. The minimum Gasteiger partial charge on any atom is -0.490 e. The van der Waals surface area contributed by atoms with E-state index in [1.165, 1.54) is 82.8 Å². The molecule has 5 aliphatic carbocycles. The molecule has 7 rings (SSSR count). The number of hydrogen-bond acceptors (Lipinski definition) is 3. The molecule has 1 saturated heterocycles. The van der Waals surface area contributed by atoms with Crippen LogP contribution in [0.5, 0.6) is 0 Å². The van der Waals surface area contributed by atoms with Crippen molar-refractivity contribution < 1.29 is 14.0 Å². The number of ether oxygens (including phenoxy) is 1. The van der Waals surface area contributed by atoms with Gasteiger partial charge in [-0.25, -0.2) is 0 Å². The molecule has 3 nitrogen and oxygen atoms in total. The van der Waals surface area contributed by atoms with Crippen molar-refractivity contribution in [1.82, 2.24) is 0 Å². The van der Waals surface area contributed by atoms with E-state index in [1.54, 1.807) is 5.57 Å². The van der Waals surface area contributed by atoms with Gasteiger partial charge in [-0.1, -0.05) is 45.1 Å². The van der Waals surface area contributed by atoms with E-state index < -0.39 is 0 Å². The van der Waals surface area contributed by atoms with E-state index in [4.69, 9.17) is 14.0 Å². The maximum Gasteiger partial charge on any atom is 0.465 e. The van der Waals surface area contributed by atoms with Crippen molar-refractivity contribution >= 4 is 7.12 Å². The molecule has 0 aromatic heterocycles. The maximum atomic E-state index is 6.97. The molecule has 8 atom stereocenters. The fourth-order valence-electron chi connectivity index (χ4n) is 10.9. The first-order chi connectivity index (χ1) is 17.4. The minimum absolute atomic E-state index is 0.151. The van der Waals surface area contributed by atoms with Gasteiger partial charge in [0.2, 0.25) is 0 Å². The Hall–Kier alpha value is -0.735. The summed E-state index contributed by atoms with van der Waals surface area (Å²) in [6, 6.07) is 0. The first-order valence-electron chi connectivity index (χ1n) is 15.8. The fraction of sp³-hybridized carbons (Fsp3) is 0.875. The van der Waals surface area contributed by atoms with Crippen LogP contribution < -0.4 is 0 Å². The van der Waals surface area contributed by atoms with E-state index in [0.717, 1.165) is 42.4 Å². The van der Waals surface area contributed by atoms with E-state index >= 15 is 0 Å². The maximum absolute atomic E-state index is 6.97. The summed E-state index contributed by atoms with van der Waals surface area (Å²) >= 11 is 0. The highest BCUT2D eigenvalue weighted by Gasteiger charge is 2.68. The lowest BCUT2D eigenvalue weighted by atomic mass is 9.48. The Kier molecular flexibility index (Phi) is 5.83. The zero-order valence-electron chi connectivity index (χ0n) is 23.4. The summed E-state index contributed by atoms with van der Waals surface area (Å²) < 4.78 is 20.4. The molecule has 5 fully saturated rings. The Bertz CT molecular complexity index is 916. The molecule has 1 spiro atoms. The Morgan fingerprint density at radius 2 is 1.42 bits per heavy atom. The van der Waals surface area contributed by atoms with Crippen LogP contribution in [0.4, 0.5) is 0 Å². The van der Waals surface area contributed by atoms with E-state index in [2.05, 4.69) is 39.8 Å². The summed E-state index contributed by atoms with van der Waals surface area (Å²) in [4.78, 5) is 0. The summed E-state index contributed by atoms with van der Waals surface area (Å²) in [7, 11) is -0.151. The van der Waals surface area contributed by atoms with Crippen LogP contribution in [-0.2, 0) is 14.0 Å². The highest BCUT2D eigenvalue weighted by atomic mass is 16.7. The number of allylic oxidation sites excluding steroid dienone is 3. The van der Waals surface area contributed by atoms with Crippen LogP contribution in [0.2, 0.25) is 5.82 Å². The van der Waals surface area contributed by atoms with Crippen molar-refractivity contribution in [1.29, 1.82) is 0 Å². The normalized spacial score (nSPS) is 49.3. The second kappa shape index (κ2) is 8.63. The van der Waals surface area contributed by atoms with Crippen molar-refractivity contribution in [3.8, 4) is 0 Å². The van der Waals surface area contributed by atoms with Gasteiger partial charge < -0.3 is 14.0 Å². The molecule has 8 unspecified atom stereocenters. The third-order valence-corrected chi connectivity index (χ3v) is 12.8. The second-order valence-corrected chi connectivity index (χ2v) is 14.4. The molecule has 7 aliphatic rings. The van der Waals surface area contributed by atoms with E-state index in [1.807, 2.05) is 0 Å². The summed E-state index contributed by atoms with van der Waals surface area (Å²) in [6.45, 7) is 8.94. The molecule has 36 heavy (non-hydrogen) atoms. The van der Waals surface area contributed by atoms with Crippen LogP contribution in [0.25, 0.3) is 0 Å². The standard InChI is InChI=1S/C32H49BO3/c1-5-31(4)30(2,3)35-33(36-31)21-18-19-29-27(20-21)32(26-16-10-11-17-28(26)34-29)24-14-8-6-12-22(24)23-13-7-9-15-25(23)32/h18-19,21-26,28H,5-17,20H2,1-4H3. The average molecular weight is 493 g/mol. The number of rotatable bonds is 2. The molecule has 198 valence electrons. The zero-order valence-corrected chi connectivity index (χ0v) is 23.4. The van der Waals surface area contributed by atoms with Crippen molar-refractivity contribution in [2.75, 3.05) is 0 Å². The molecule has 0 aromatic carbocycles. The van der Waals surface area contributed by atoms with Gasteiger partial charge in [-0.15, -0.1) is 0 Å². The summed E-state index contributed by atoms with van der Waals surface area (Å²) in [5, 5.41) is 0. The van der Waals surface area contributed by atoms with Crippen LogP contribution in [0, 0.1) is 35.0 Å². The monoisotopic (exact) mass is 492 g/mol. The van der Waals surface area contributed by atoms with Crippen LogP contribution in [-0.4, -0.2) is 24.4 Å². The predicted octanol–water partition coefficient (Wildman–Crippen LogP) is 8.25. The molecular formula is C32H49BO3. The fourth-order valence-corrected chi connectivity index (χ4v) is 10.9. The van der Waals surface area contributed by atoms with Gasteiger partial charge in [-0.2, -0.15) is 0 Å². The molecule has 0 aromatic rings. The van der Waals surface area contributed by atoms with Gasteiger partial charge in [0.15, 0.2) is 0 Å². The summed E-state index contributed by atoms with van der Waals surface area (Å²) in [5.41, 5.74) is 1.60. The topological polar surface area (TPSA) is 27.7 Å². The van der Waals surface area contributed by atoms with Gasteiger partial charge in [-0.3, -0.25) is 0 Å². The molecule has 0 bridgehead atoms. The average Bonchev–Trinajstić information content (AvgIpc) is 3.33. The van der Waals surface area contributed by atoms with Crippen LogP contribution in [0.15, 0.2) is 23.5 Å². The lowest BCUT2D eigenvalue weighted by Gasteiger charge is -2.58. The molecule has 0 amide bonds. The highest BCUT2D eigenvalue weighted by Crippen LogP contribution is 2.73. The van der Waals surface area contributed by atoms with Gasteiger partial charge in [0, 0.05) is 17.2 Å². The first-order valence-corrected chi connectivity index (χ1v) is 15.8. The van der Waals surface area contributed by atoms with Crippen molar-refractivity contribution in [3.63, 3.8) is 0 Å². The molecule has 2 heterocycles. The Morgan fingerprint density at radius 3 is 2.06 bits per heavy atom. The van der Waals surface area contributed by atoms with Gasteiger partial charge >= 0.3 is 7.12 Å². The first kappa shape index (κ1) is 24.3. The zero-order chi connectivity index (χ0) is 24.7. The van der Waals surface area contributed by atoms with Crippen molar-refractivity contribution in [3.05, 3.63) is 23.5 Å². The van der Waals surface area contributed by atoms with Gasteiger partial charge in [-0.05, 0) is 114 Å². The number of fused-ring (bicyclic) bond motifs is 8. The molecular weight excluding hydrogens is 443 g/mol. The van der Waals surface area contributed by atoms with Gasteiger partial charge in [0.1, 0.15) is 11.9 Å². The Labute approximate surface area is 220 Å². The van der Waals surface area contributed by atoms with E-state index in [9.17, 15) is 0 Å². The molecule has 4 heteroatoms. The highest BCUT2D eigenvalue weighted by molar-refractivity contribution is 6.48. The lowest BCUT2D eigenvalue weighted by Crippen LogP contribution is -2.53. The largest absolute Gasteiger partial charge is 0.490 e. The van der Waals surface area contributed by atoms with Gasteiger partial charge in [0.25, 0.3) is 0 Å². The van der Waals surface area contributed by atoms with Crippen LogP contribution in [0.3, 0.4) is 0 Å². The molecule has 2 aliphatic heterocycles. The number of hydrogen-bond donors (Lipinski definition) is 0. The Morgan fingerprint density at radius 1 is 0.806 bits per heavy atom. The smallest absolute Gasteiger partial charge is 0.465 e. The molecule has 0 radical (unpaired) electrons. The predicted molar refractivity (Wildman–Crippen MR) is 145 cm³/mol. The third kappa shape index (κ3) is 3.25. The van der Waals surface area contributed by atoms with E-state index in [0.29, 0.717) is 17.3 Å². The SMILES string of the molecule is CCC1(C)OB(C2C=CC3=C(C2)C2(C4CCCCC4O3)C3CCCCC3C3CCCCC32)OC1(C)C. The Balaban J connectivity index is 1.31.